The van der Waals surface area contributed by atoms with E-state index in [4.69, 9.17) is 0 Å². The maximum absolute atomic E-state index is 12.3. The van der Waals surface area contributed by atoms with Crippen LogP contribution in [0, 0.1) is 0 Å². The Morgan fingerprint density at radius 2 is 1.67 bits per heavy atom. The Hall–Kier alpha value is -1.69. The lowest BCUT2D eigenvalue weighted by Gasteiger charge is -2.26. The van der Waals surface area contributed by atoms with Crippen LogP contribution in [0.1, 0.15) is 42.5 Å². The predicted molar refractivity (Wildman–Crippen MR) is 98.7 cm³/mol. The Labute approximate surface area is 147 Å². The first-order valence-electron chi connectivity index (χ1n) is 8.77. The van der Waals surface area contributed by atoms with Gasteiger partial charge < -0.3 is 15.5 Å². The van der Waals surface area contributed by atoms with E-state index in [2.05, 4.69) is 10.6 Å². The lowest BCUT2D eigenvalue weighted by Crippen LogP contribution is -2.40. The molecule has 2 aliphatic rings. The smallest absolute Gasteiger partial charge is 0.321 e. The number of urea groups is 1. The lowest BCUT2D eigenvalue weighted by molar-refractivity contribution is 0.0927. The summed E-state index contributed by atoms with van der Waals surface area (Å²) in [6, 6.07) is 7.40. The van der Waals surface area contributed by atoms with E-state index in [1.807, 2.05) is 16.7 Å². The molecule has 1 aliphatic carbocycles. The largest absolute Gasteiger partial charge is 0.349 e. The van der Waals surface area contributed by atoms with Gasteiger partial charge in [0, 0.05) is 41.9 Å². The maximum atomic E-state index is 12.3. The molecule has 24 heavy (non-hydrogen) atoms. The highest BCUT2D eigenvalue weighted by atomic mass is 32.2. The van der Waals surface area contributed by atoms with Crippen LogP contribution in [0.25, 0.3) is 0 Å². The van der Waals surface area contributed by atoms with E-state index < -0.39 is 0 Å². The van der Waals surface area contributed by atoms with Crippen molar-refractivity contribution >= 4 is 29.4 Å². The van der Waals surface area contributed by atoms with Crippen molar-refractivity contribution < 1.29 is 9.59 Å². The number of nitrogens with one attached hydrogen (secondary N) is 2. The minimum absolute atomic E-state index is 0.0205. The van der Waals surface area contributed by atoms with E-state index in [1.165, 1.54) is 19.3 Å². The molecule has 130 valence electrons. The molecule has 0 aromatic heterocycles. The third-order valence-corrected chi connectivity index (χ3v) is 5.58. The van der Waals surface area contributed by atoms with Gasteiger partial charge in [-0.2, -0.15) is 11.8 Å². The van der Waals surface area contributed by atoms with Crippen molar-refractivity contribution in [1.29, 1.82) is 0 Å². The van der Waals surface area contributed by atoms with Crippen molar-refractivity contribution in [2.75, 3.05) is 29.9 Å². The Kier molecular flexibility index (Phi) is 6.01. The summed E-state index contributed by atoms with van der Waals surface area (Å²) < 4.78 is 0. The highest BCUT2D eigenvalue weighted by Gasteiger charge is 2.18. The molecule has 0 bridgehead atoms. The molecule has 1 saturated carbocycles. The molecule has 0 radical (unpaired) electrons. The number of amides is 3. The summed E-state index contributed by atoms with van der Waals surface area (Å²) in [4.78, 5) is 26.3. The summed E-state index contributed by atoms with van der Waals surface area (Å²) >= 11 is 1.88. The van der Waals surface area contributed by atoms with Crippen LogP contribution in [0.2, 0.25) is 0 Å². The molecule has 1 aromatic carbocycles. The van der Waals surface area contributed by atoms with Crippen molar-refractivity contribution in [3.8, 4) is 0 Å². The van der Waals surface area contributed by atoms with Gasteiger partial charge in [-0.3, -0.25) is 4.79 Å². The molecule has 2 fully saturated rings. The number of nitrogens with zero attached hydrogens (tertiary/aromatic N) is 1. The van der Waals surface area contributed by atoms with Gasteiger partial charge in [-0.15, -0.1) is 0 Å². The second kappa shape index (κ2) is 8.42. The second-order valence-electron chi connectivity index (χ2n) is 6.42. The van der Waals surface area contributed by atoms with Gasteiger partial charge in [0.25, 0.3) is 5.91 Å². The molecule has 3 rings (SSSR count). The van der Waals surface area contributed by atoms with Crippen LogP contribution in [-0.2, 0) is 0 Å². The van der Waals surface area contributed by atoms with E-state index in [0.717, 1.165) is 43.1 Å². The van der Waals surface area contributed by atoms with Crippen LogP contribution < -0.4 is 10.6 Å². The van der Waals surface area contributed by atoms with Gasteiger partial charge in [-0.05, 0) is 37.1 Å². The number of benzene rings is 1. The molecule has 1 aliphatic heterocycles. The number of rotatable bonds is 3. The predicted octanol–water partition coefficient (Wildman–Crippen LogP) is 3.33. The number of carbonyl (C=O) groups is 2. The van der Waals surface area contributed by atoms with Gasteiger partial charge >= 0.3 is 6.03 Å². The van der Waals surface area contributed by atoms with Crippen LogP contribution in [0.3, 0.4) is 0 Å². The first-order valence-corrected chi connectivity index (χ1v) is 9.92. The summed E-state index contributed by atoms with van der Waals surface area (Å²) in [5, 5.41) is 6.02. The maximum Gasteiger partial charge on any atom is 0.321 e. The van der Waals surface area contributed by atoms with Crippen LogP contribution in [0.15, 0.2) is 24.3 Å². The topological polar surface area (TPSA) is 61.4 Å². The Bertz CT molecular complexity index is 564. The van der Waals surface area contributed by atoms with Crippen LogP contribution in [-0.4, -0.2) is 47.5 Å². The minimum atomic E-state index is -0.0605. The average molecular weight is 347 g/mol. The number of hydrogen-bond acceptors (Lipinski definition) is 3. The van der Waals surface area contributed by atoms with E-state index in [-0.39, 0.29) is 11.9 Å². The fraction of sp³-hybridized carbons (Fsp3) is 0.556. The fourth-order valence-corrected chi connectivity index (χ4v) is 4.09. The van der Waals surface area contributed by atoms with Crippen molar-refractivity contribution in [2.45, 2.75) is 38.1 Å². The Balaban J connectivity index is 1.52. The highest BCUT2D eigenvalue weighted by molar-refractivity contribution is 7.99. The van der Waals surface area contributed by atoms with Gasteiger partial charge in [0.2, 0.25) is 0 Å². The average Bonchev–Trinajstić information content (AvgIpc) is 2.64. The third kappa shape index (κ3) is 4.66. The van der Waals surface area contributed by atoms with E-state index in [9.17, 15) is 9.59 Å². The standard InChI is InChI=1S/C18H25N3O2S/c22-17(19-15-4-2-1-3-5-15)14-6-8-16(9-7-14)20-18(23)21-10-12-24-13-11-21/h6-9,15H,1-5,10-13H2,(H,19,22)(H,20,23). The number of hydrogen-bond donors (Lipinski definition) is 2. The monoisotopic (exact) mass is 347 g/mol. The summed E-state index contributed by atoms with van der Waals surface area (Å²) in [6.07, 6.45) is 5.83. The normalized spacial score (nSPS) is 18.9. The molecule has 3 amide bonds. The summed E-state index contributed by atoms with van der Waals surface area (Å²) in [7, 11) is 0. The zero-order chi connectivity index (χ0) is 16.8. The molecule has 6 heteroatoms. The molecule has 2 N–H and O–H groups in total. The first-order chi connectivity index (χ1) is 11.7. The Morgan fingerprint density at radius 3 is 2.33 bits per heavy atom. The molecular weight excluding hydrogens is 322 g/mol. The highest BCUT2D eigenvalue weighted by Crippen LogP contribution is 2.18. The fourth-order valence-electron chi connectivity index (χ4n) is 3.19. The summed E-state index contributed by atoms with van der Waals surface area (Å²) in [6.45, 7) is 1.58. The van der Waals surface area contributed by atoms with Crippen molar-refractivity contribution in [2.24, 2.45) is 0 Å². The van der Waals surface area contributed by atoms with Crippen LogP contribution >= 0.6 is 11.8 Å². The first kappa shape index (κ1) is 17.1. The number of carbonyl (C=O) groups excluding carboxylic acids is 2. The molecular formula is C18H25N3O2S. The lowest BCUT2D eigenvalue weighted by atomic mass is 9.95. The van der Waals surface area contributed by atoms with Gasteiger partial charge in [-0.1, -0.05) is 19.3 Å². The SMILES string of the molecule is O=C(NC1CCCCC1)c1ccc(NC(=O)N2CCSCC2)cc1. The molecule has 5 nitrogen and oxygen atoms in total. The van der Waals surface area contributed by atoms with E-state index >= 15 is 0 Å². The molecule has 0 spiro atoms. The summed E-state index contributed by atoms with van der Waals surface area (Å²) in [5.74, 6) is 1.97. The number of anilines is 1. The molecule has 0 unspecified atom stereocenters. The summed E-state index contributed by atoms with van der Waals surface area (Å²) in [5.41, 5.74) is 1.38. The van der Waals surface area contributed by atoms with E-state index in [0.29, 0.717) is 11.6 Å². The molecule has 0 atom stereocenters. The molecule has 1 aromatic rings. The van der Waals surface area contributed by atoms with Crippen LogP contribution in [0.4, 0.5) is 10.5 Å². The quantitative estimate of drug-likeness (QED) is 0.882. The molecule has 1 saturated heterocycles. The van der Waals surface area contributed by atoms with Gasteiger partial charge in [0.05, 0.1) is 0 Å². The van der Waals surface area contributed by atoms with Crippen LogP contribution in [0.5, 0.6) is 0 Å². The molecule has 1 heterocycles. The number of thioether (sulfide) groups is 1. The second-order valence-corrected chi connectivity index (χ2v) is 7.64. The Morgan fingerprint density at radius 1 is 1.00 bits per heavy atom. The minimum Gasteiger partial charge on any atom is -0.349 e. The van der Waals surface area contributed by atoms with Crippen molar-refractivity contribution in [3.05, 3.63) is 29.8 Å². The third-order valence-electron chi connectivity index (χ3n) is 4.64. The van der Waals surface area contributed by atoms with Crippen molar-refractivity contribution in [1.82, 2.24) is 10.2 Å². The zero-order valence-corrected chi connectivity index (χ0v) is 14.7. The van der Waals surface area contributed by atoms with E-state index in [1.54, 1.807) is 24.3 Å². The van der Waals surface area contributed by atoms with Gasteiger partial charge in [0.1, 0.15) is 0 Å². The van der Waals surface area contributed by atoms with Gasteiger partial charge in [-0.25, -0.2) is 4.79 Å². The zero-order valence-electron chi connectivity index (χ0n) is 13.9. The van der Waals surface area contributed by atoms with Gasteiger partial charge in [0.15, 0.2) is 0 Å². The van der Waals surface area contributed by atoms with Crippen molar-refractivity contribution in [3.63, 3.8) is 0 Å².